The van der Waals surface area contributed by atoms with E-state index in [9.17, 15) is 30.4 Å². The lowest BCUT2D eigenvalue weighted by molar-refractivity contribution is -0.140. The van der Waals surface area contributed by atoms with E-state index in [0.29, 0.717) is 0 Å². The minimum Gasteiger partial charge on any atom is -0.325 e. The summed E-state index contributed by atoms with van der Waals surface area (Å²) in [4.78, 5) is 1.70. The lowest BCUT2D eigenvalue weighted by atomic mass is 10.1. The lowest BCUT2D eigenvalue weighted by Gasteiger charge is -2.15. The van der Waals surface area contributed by atoms with E-state index in [4.69, 9.17) is 16.4 Å². The zero-order chi connectivity index (χ0) is 15.0. The maximum Gasteiger partial charge on any atom is 0.417 e. The van der Waals surface area contributed by atoms with Crippen LogP contribution in [0, 0.1) is 0 Å². The standard InChI is InChI=1S/C8H6ClF5N2O2S/c9-19(17,18)6-3(8(12,13)14)1-4(7(10)11)16-5(6)2-15/h1,7H,2,15H2. The van der Waals surface area contributed by atoms with Crippen LogP contribution in [0.4, 0.5) is 22.0 Å². The first-order chi connectivity index (χ1) is 8.48. The van der Waals surface area contributed by atoms with Gasteiger partial charge in [-0.3, -0.25) is 0 Å². The number of alkyl halides is 5. The Balaban J connectivity index is 3.79. The Bertz CT molecular complexity index is 588. The van der Waals surface area contributed by atoms with Gasteiger partial charge < -0.3 is 5.73 Å². The fourth-order valence-electron chi connectivity index (χ4n) is 1.34. The number of rotatable bonds is 3. The van der Waals surface area contributed by atoms with Crippen LogP contribution in [-0.2, 0) is 21.8 Å². The molecule has 0 saturated carbocycles. The first-order valence-corrected chi connectivity index (χ1v) is 6.83. The van der Waals surface area contributed by atoms with Crippen LogP contribution in [0.15, 0.2) is 11.0 Å². The van der Waals surface area contributed by atoms with Crippen LogP contribution in [0.1, 0.15) is 23.4 Å². The Kier molecular flexibility index (Phi) is 4.37. The zero-order valence-electron chi connectivity index (χ0n) is 8.88. The monoisotopic (exact) mass is 324 g/mol. The van der Waals surface area contributed by atoms with Crippen molar-refractivity contribution >= 4 is 19.7 Å². The predicted octanol–water partition coefficient (Wildman–Crippen LogP) is 2.42. The Labute approximate surface area is 108 Å². The predicted molar refractivity (Wildman–Crippen MR) is 55.1 cm³/mol. The van der Waals surface area contributed by atoms with Crippen molar-refractivity contribution in [2.75, 3.05) is 0 Å². The maximum atomic E-state index is 12.7. The normalized spacial score (nSPS) is 13.1. The molecule has 1 rings (SSSR count). The molecule has 0 atom stereocenters. The Morgan fingerprint density at radius 2 is 1.89 bits per heavy atom. The van der Waals surface area contributed by atoms with Gasteiger partial charge in [-0.25, -0.2) is 22.2 Å². The van der Waals surface area contributed by atoms with Gasteiger partial charge in [-0.2, -0.15) is 13.2 Å². The molecule has 108 valence electrons. The molecule has 0 unspecified atom stereocenters. The first kappa shape index (κ1) is 16.1. The topological polar surface area (TPSA) is 73.0 Å². The molecule has 1 aromatic rings. The second-order valence-electron chi connectivity index (χ2n) is 3.31. The van der Waals surface area contributed by atoms with Crippen molar-refractivity contribution in [3.63, 3.8) is 0 Å². The molecule has 0 bridgehead atoms. The van der Waals surface area contributed by atoms with E-state index in [1.165, 1.54) is 0 Å². The van der Waals surface area contributed by atoms with Gasteiger partial charge in [0.2, 0.25) is 0 Å². The van der Waals surface area contributed by atoms with Gasteiger partial charge in [0.1, 0.15) is 10.6 Å². The fourth-order valence-corrected chi connectivity index (χ4v) is 2.70. The molecule has 2 N–H and O–H groups in total. The minimum atomic E-state index is -5.19. The summed E-state index contributed by atoms with van der Waals surface area (Å²) in [7, 11) is 0.0378. The maximum absolute atomic E-state index is 12.7. The van der Waals surface area contributed by atoms with E-state index in [1.54, 1.807) is 0 Å². The van der Waals surface area contributed by atoms with Gasteiger partial charge in [-0.05, 0) is 6.07 Å². The average Bonchev–Trinajstić information content (AvgIpc) is 2.24. The molecule has 4 nitrogen and oxygen atoms in total. The molecule has 0 saturated heterocycles. The molecular formula is C8H6ClF5N2O2S. The van der Waals surface area contributed by atoms with Crippen molar-refractivity contribution in [3.05, 3.63) is 23.0 Å². The Hall–Kier alpha value is -1.00. The van der Waals surface area contributed by atoms with Crippen LogP contribution in [0.5, 0.6) is 0 Å². The van der Waals surface area contributed by atoms with Crippen LogP contribution < -0.4 is 5.73 Å². The summed E-state index contributed by atoms with van der Waals surface area (Å²) in [5, 5.41) is 0. The van der Waals surface area contributed by atoms with Crippen LogP contribution in [0.2, 0.25) is 0 Å². The van der Waals surface area contributed by atoms with Crippen LogP contribution in [0.3, 0.4) is 0 Å². The molecular weight excluding hydrogens is 319 g/mol. The third-order valence-corrected chi connectivity index (χ3v) is 3.44. The van der Waals surface area contributed by atoms with Gasteiger partial charge >= 0.3 is 6.18 Å². The highest BCUT2D eigenvalue weighted by atomic mass is 35.7. The van der Waals surface area contributed by atoms with E-state index >= 15 is 0 Å². The van der Waals surface area contributed by atoms with Crippen molar-refractivity contribution < 1.29 is 30.4 Å². The summed E-state index contributed by atoms with van der Waals surface area (Å²) in [5.74, 6) is 0. The highest BCUT2D eigenvalue weighted by Gasteiger charge is 2.40. The van der Waals surface area contributed by atoms with Crippen LogP contribution >= 0.6 is 10.7 Å². The largest absolute Gasteiger partial charge is 0.417 e. The summed E-state index contributed by atoms with van der Waals surface area (Å²) in [6.45, 7) is -0.787. The Morgan fingerprint density at radius 1 is 1.37 bits per heavy atom. The second-order valence-corrected chi connectivity index (χ2v) is 5.81. The first-order valence-electron chi connectivity index (χ1n) is 4.52. The average molecular weight is 325 g/mol. The van der Waals surface area contributed by atoms with Crippen LogP contribution in [-0.4, -0.2) is 13.4 Å². The van der Waals surface area contributed by atoms with E-state index in [-0.39, 0.29) is 6.07 Å². The molecule has 0 amide bonds. The number of pyridine rings is 1. The molecule has 0 radical (unpaired) electrons. The number of halogens is 6. The summed E-state index contributed by atoms with van der Waals surface area (Å²) in [5.41, 5.74) is 1.13. The second kappa shape index (κ2) is 5.17. The number of hydrogen-bond acceptors (Lipinski definition) is 4. The summed E-state index contributed by atoms with van der Waals surface area (Å²) >= 11 is 0. The smallest absolute Gasteiger partial charge is 0.325 e. The fraction of sp³-hybridized carbons (Fsp3) is 0.375. The molecule has 0 aliphatic rings. The molecule has 0 aliphatic heterocycles. The van der Waals surface area contributed by atoms with Crippen molar-refractivity contribution in [1.29, 1.82) is 0 Å². The SMILES string of the molecule is NCc1nc(C(F)F)cc(C(F)(F)F)c1S(=O)(=O)Cl. The highest BCUT2D eigenvalue weighted by Crippen LogP contribution is 2.38. The van der Waals surface area contributed by atoms with Gasteiger partial charge in [0.25, 0.3) is 15.5 Å². The van der Waals surface area contributed by atoms with Gasteiger partial charge in [-0.15, -0.1) is 0 Å². The molecule has 11 heteroatoms. The third-order valence-electron chi connectivity index (χ3n) is 2.03. The van der Waals surface area contributed by atoms with Gasteiger partial charge in [-0.1, -0.05) is 0 Å². The number of aromatic nitrogens is 1. The number of nitrogens with zero attached hydrogens (tertiary/aromatic N) is 1. The van der Waals surface area contributed by atoms with Gasteiger partial charge in [0, 0.05) is 17.2 Å². The van der Waals surface area contributed by atoms with E-state index in [0.717, 1.165) is 0 Å². The summed E-state index contributed by atoms with van der Waals surface area (Å²) in [6.07, 6.45) is -8.49. The van der Waals surface area contributed by atoms with E-state index in [2.05, 4.69) is 4.98 Å². The minimum absolute atomic E-state index is 0.0565. The van der Waals surface area contributed by atoms with Crippen molar-refractivity contribution in [2.45, 2.75) is 24.0 Å². The summed E-state index contributed by atoms with van der Waals surface area (Å²) < 4.78 is 85.2. The third kappa shape index (κ3) is 3.51. The van der Waals surface area contributed by atoms with E-state index in [1.807, 2.05) is 0 Å². The molecule has 0 aromatic carbocycles. The van der Waals surface area contributed by atoms with Crippen LogP contribution in [0.25, 0.3) is 0 Å². The molecule has 0 aliphatic carbocycles. The molecule has 0 spiro atoms. The molecule has 1 heterocycles. The molecule has 1 aromatic heterocycles. The molecule has 19 heavy (non-hydrogen) atoms. The Morgan fingerprint density at radius 3 is 2.21 bits per heavy atom. The van der Waals surface area contributed by atoms with E-state index < -0.39 is 50.0 Å². The summed E-state index contributed by atoms with van der Waals surface area (Å²) in [6, 6.07) is -0.0565. The quantitative estimate of drug-likeness (QED) is 0.684. The zero-order valence-corrected chi connectivity index (χ0v) is 10.5. The van der Waals surface area contributed by atoms with Gasteiger partial charge in [0.15, 0.2) is 0 Å². The lowest BCUT2D eigenvalue weighted by Crippen LogP contribution is -2.18. The van der Waals surface area contributed by atoms with Crippen molar-refractivity contribution in [2.24, 2.45) is 5.73 Å². The van der Waals surface area contributed by atoms with Crippen molar-refractivity contribution in [1.82, 2.24) is 4.98 Å². The number of hydrogen-bond donors (Lipinski definition) is 1. The molecule has 0 fully saturated rings. The van der Waals surface area contributed by atoms with Crippen molar-refractivity contribution in [3.8, 4) is 0 Å². The van der Waals surface area contributed by atoms with Gasteiger partial charge in [0.05, 0.1) is 11.3 Å². The highest BCUT2D eigenvalue weighted by molar-refractivity contribution is 8.13. The number of nitrogens with two attached hydrogens (primary N) is 1.